The highest BCUT2D eigenvalue weighted by molar-refractivity contribution is 7.99. The molecule has 0 saturated carbocycles. The highest BCUT2D eigenvalue weighted by Crippen LogP contribution is 2.19. The normalized spacial score (nSPS) is 13.2. The van der Waals surface area contributed by atoms with Crippen LogP contribution in [-0.2, 0) is 6.54 Å². The summed E-state index contributed by atoms with van der Waals surface area (Å²) in [6.45, 7) is 10.9. The number of hydrogen-bond acceptors (Lipinski definition) is 3. The first-order valence-corrected chi connectivity index (χ1v) is 8.16. The molecule has 1 unspecified atom stereocenters. The van der Waals surface area contributed by atoms with Crippen molar-refractivity contribution >= 4 is 11.8 Å². The van der Waals surface area contributed by atoms with E-state index in [0.29, 0.717) is 6.04 Å². The minimum atomic E-state index is 0.435. The van der Waals surface area contributed by atoms with Gasteiger partial charge in [-0.1, -0.05) is 27.7 Å². The van der Waals surface area contributed by atoms with E-state index >= 15 is 0 Å². The zero-order valence-corrected chi connectivity index (χ0v) is 13.0. The lowest BCUT2D eigenvalue weighted by Crippen LogP contribution is -2.23. The number of aromatic nitrogens is 2. The third-order valence-corrected chi connectivity index (χ3v) is 4.17. The van der Waals surface area contributed by atoms with Crippen molar-refractivity contribution in [2.75, 3.05) is 18.1 Å². The van der Waals surface area contributed by atoms with Gasteiger partial charge in [-0.3, -0.25) is 4.68 Å². The van der Waals surface area contributed by atoms with Crippen LogP contribution in [0.25, 0.3) is 0 Å². The van der Waals surface area contributed by atoms with Gasteiger partial charge in [0.25, 0.3) is 0 Å². The zero-order chi connectivity index (χ0) is 13.4. The highest BCUT2D eigenvalue weighted by atomic mass is 32.2. The molecule has 0 aliphatic carbocycles. The fraction of sp³-hybridized carbons (Fsp3) is 0.786. The van der Waals surface area contributed by atoms with E-state index in [1.165, 1.54) is 11.3 Å². The van der Waals surface area contributed by atoms with Crippen LogP contribution in [-0.4, -0.2) is 27.8 Å². The average molecular weight is 269 g/mol. The predicted molar refractivity (Wildman–Crippen MR) is 81.1 cm³/mol. The minimum absolute atomic E-state index is 0.435. The SMILES string of the molecule is CCCn1cc(C(CSCC(C)C)NCC)cn1. The third kappa shape index (κ3) is 5.44. The highest BCUT2D eigenvalue weighted by Gasteiger charge is 2.12. The first-order chi connectivity index (χ1) is 8.67. The van der Waals surface area contributed by atoms with Crippen molar-refractivity contribution in [1.82, 2.24) is 15.1 Å². The van der Waals surface area contributed by atoms with Gasteiger partial charge >= 0.3 is 0 Å². The Morgan fingerprint density at radius 3 is 2.72 bits per heavy atom. The monoisotopic (exact) mass is 269 g/mol. The van der Waals surface area contributed by atoms with E-state index in [4.69, 9.17) is 0 Å². The van der Waals surface area contributed by atoms with Crippen molar-refractivity contribution in [2.24, 2.45) is 5.92 Å². The molecule has 1 heterocycles. The zero-order valence-electron chi connectivity index (χ0n) is 12.1. The summed E-state index contributed by atoms with van der Waals surface area (Å²) in [4.78, 5) is 0. The van der Waals surface area contributed by atoms with E-state index in [9.17, 15) is 0 Å². The van der Waals surface area contributed by atoms with E-state index < -0.39 is 0 Å². The topological polar surface area (TPSA) is 29.9 Å². The molecule has 0 fully saturated rings. The van der Waals surface area contributed by atoms with Crippen LogP contribution in [0.15, 0.2) is 12.4 Å². The summed E-state index contributed by atoms with van der Waals surface area (Å²) < 4.78 is 2.05. The molecule has 18 heavy (non-hydrogen) atoms. The number of nitrogens with one attached hydrogen (secondary N) is 1. The Hall–Kier alpha value is -0.480. The molecule has 0 saturated heterocycles. The van der Waals surface area contributed by atoms with Crippen LogP contribution in [0.3, 0.4) is 0 Å². The lowest BCUT2D eigenvalue weighted by molar-refractivity contribution is 0.590. The van der Waals surface area contributed by atoms with Crippen molar-refractivity contribution < 1.29 is 0 Å². The van der Waals surface area contributed by atoms with Crippen molar-refractivity contribution in [1.29, 1.82) is 0 Å². The molecule has 0 bridgehead atoms. The summed E-state index contributed by atoms with van der Waals surface area (Å²) in [5, 5.41) is 7.97. The summed E-state index contributed by atoms with van der Waals surface area (Å²) >= 11 is 2.03. The van der Waals surface area contributed by atoms with Gasteiger partial charge in [0.15, 0.2) is 0 Å². The van der Waals surface area contributed by atoms with E-state index in [0.717, 1.165) is 31.2 Å². The third-order valence-electron chi connectivity index (χ3n) is 2.69. The molecule has 0 aliphatic rings. The van der Waals surface area contributed by atoms with Gasteiger partial charge < -0.3 is 5.32 Å². The van der Waals surface area contributed by atoms with Gasteiger partial charge in [0.1, 0.15) is 0 Å². The summed E-state index contributed by atoms with van der Waals surface area (Å²) in [6, 6.07) is 0.435. The van der Waals surface area contributed by atoms with Crippen LogP contribution < -0.4 is 5.32 Å². The quantitative estimate of drug-likeness (QED) is 0.746. The smallest absolute Gasteiger partial charge is 0.0537 e. The molecule has 1 N–H and O–H groups in total. The maximum Gasteiger partial charge on any atom is 0.0537 e. The largest absolute Gasteiger partial charge is 0.309 e. The van der Waals surface area contributed by atoms with Crippen LogP contribution in [0, 0.1) is 5.92 Å². The minimum Gasteiger partial charge on any atom is -0.309 e. The van der Waals surface area contributed by atoms with Gasteiger partial charge in [0, 0.05) is 30.1 Å². The van der Waals surface area contributed by atoms with Gasteiger partial charge in [-0.2, -0.15) is 16.9 Å². The Balaban J connectivity index is 2.53. The second kappa shape index (κ2) is 8.59. The van der Waals surface area contributed by atoms with Crippen molar-refractivity contribution in [2.45, 2.75) is 46.7 Å². The standard InChI is InChI=1S/C14H27N3S/c1-5-7-17-9-13(8-16-17)14(15-6-2)11-18-10-12(3)4/h8-9,12,14-15H,5-7,10-11H2,1-4H3. The molecule has 0 aliphatic heterocycles. The molecule has 0 spiro atoms. The lowest BCUT2D eigenvalue weighted by atomic mass is 10.2. The second-order valence-electron chi connectivity index (χ2n) is 5.08. The van der Waals surface area contributed by atoms with E-state index in [1.54, 1.807) is 0 Å². The summed E-state index contributed by atoms with van der Waals surface area (Å²) in [5.41, 5.74) is 1.32. The molecule has 0 amide bonds. The Bertz CT molecular complexity index is 323. The van der Waals surface area contributed by atoms with Crippen LogP contribution in [0.5, 0.6) is 0 Å². The molecule has 0 aromatic carbocycles. The maximum atomic E-state index is 4.42. The van der Waals surface area contributed by atoms with Gasteiger partial charge in [0.05, 0.1) is 6.20 Å². The molecular weight excluding hydrogens is 242 g/mol. The first kappa shape index (κ1) is 15.6. The molecule has 3 nitrogen and oxygen atoms in total. The van der Waals surface area contributed by atoms with E-state index in [-0.39, 0.29) is 0 Å². The van der Waals surface area contributed by atoms with E-state index in [1.807, 2.05) is 22.6 Å². The van der Waals surface area contributed by atoms with Gasteiger partial charge in [-0.05, 0) is 24.6 Å². The number of rotatable bonds is 9. The Labute approximate surface area is 116 Å². The first-order valence-electron chi connectivity index (χ1n) is 7.00. The number of hydrogen-bond donors (Lipinski definition) is 1. The summed E-state index contributed by atoms with van der Waals surface area (Å²) in [5.74, 6) is 3.12. The number of nitrogens with zero attached hydrogens (tertiary/aromatic N) is 2. The number of thioether (sulfide) groups is 1. The molecule has 1 rings (SSSR count). The maximum absolute atomic E-state index is 4.42. The van der Waals surface area contributed by atoms with Gasteiger partial charge in [0.2, 0.25) is 0 Å². The molecule has 0 radical (unpaired) electrons. The van der Waals surface area contributed by atoms with Crippen LogP contribution in [0.2, 0.25) is 0 Å². The van der Waals surface area contributed by atoms with Crippen molar-refractivity contribution in [3.63, 3.8) is 0 Å². The Morgan fingerprint density at radius 1 is 1.33 bits per heavy atom. The molecule has 1 atom stereocenters. The summed E-state index contributed by atoms with van der Waals surface area (Å²) in [6.07, 6.45) is 5.33. The molecule has 4 heteroatoms. The van der Waals surface area contributed by atoms with Crippen LogP contribution >= 0.6 is 11.8 Å². The van der Waals surface area contributed by atoms with E-state index in [2.05, 4.69) is 44.3 Å². The molecule has 104 valence electrons. The average Bonchev–Trinajstić information content (AvgIpc) is 2.76. The van der Waals surface area contributed by atoms with Crippen molar-refractivity contribution in [3.05, 3.63) is 18.0 Å². The predicted octanol–water partition coefficient (Wildman–Crippen LogP) is 3.33. The van der Waals surface area contributed by atoms with Crippen LogP contribution in [0.4, 0.5) is 0 Å². The lowest BCUT2D eigenvalue weighted by Gasteiger charge is -2.16. The summed E-state index contributed by atoms with van der Waals surface area (Å²) in [7, 11) is 0. The molecule has 1 aromatic heterocycles. The Kier molecular flexibility index (Phi) is 7.44. The number of aryl methyl sites for hydroxylation is 1. The molecule has 1 aromatic rings. The second-order valence-corrected chi connectivity index (χ2v) is 6.15. The van der Waals surface area contributed by atoms with Crippen LogP contribution in [0.1, 0.15) is 45.7 Å². The van der Waals surface area contributed by atoms with Gasteiger partial charge in [-0.15, -0.1) is 0 Å². The fourth-order valence-electron chi connectivity index (χ4n) is 1.85. The molecular formula is C14H27N3S. The van der Waals surface area contributed by atoms with Gasteiger partial charge in [-0.25, -0.2) is 0 Å². The Morgan fingerprint density at radius 2 is 2.11 bits per heavy atom. The fourth-order valence-corrected chi connectivity index (χ4v) is 3.01. The van der Waals surface area contributed by atoms with Crippen molar-refractivity contribution in [3.8, 4) is 0 Å².